The first-order valence-electron chi connectivity index (χ1n) is 4.69. The van der Waals surface area contributed by atoms with Crippen molar-refractivity contribution in [3.8, 4) is 0 Å². The third-order valence-electron chi connectivity index (χ3n) is 1.75. The number of carbonyl (C=O) groups is 1. The zero-order chi connectivity index (χ0) is 10.6. The second kappa shape index (κ2) is 5.00. The second-order valence-electron chi connectivity index (χ2n) is 3.52. The van der Waals surface area contributed by atoms with Crippen molar-refractivity contribution < 1.29 is 4.79 Å². The third kappa shape index (κ3) is 3.03. The fourth-order valence-electron chi connectivity index (χ4n) is 0.978. The molecule has 1 aromatic heterocycles. The molecule has 0 aromatic carbocycles. The molecule has 0 atom stereocenters. The molecule has 0 radical (unpaired) electrons. The van der Waals surface area contributed by atoms with Crippen molar-refractivity contribution in [3.63, 3.8) is 0 Å². The molecule has 0 fully saturated rings. The topological polar surface area (TPSA) is 41.1 Å². The first-order chi connectivity index (χ1) is 6.63. The Labute approximate surface area is 88.5 Å². The highest BCUT2D eigenvalue weighted by atomic mass is 32.1. The summed E-state index contributed by atoms with van der Waals surface area (Å²) in [6.07, 6.45) is 0. The molecule has 2 N–H and O–H groups in total. The first kappa shape index (κ1) is 11.0. The SMILES string of the molecule is CNc1ccc(C(=O)NCC(C)C)s1. The summed E-state index contributed by atoms with van der Waals surface area (Å²) in [5.74, 6) is 0.507. The molecule has 0 aliphatic heterocycles. The zero-order valence-corrected chi connectivity index (χ0v) is 9.57. The van der Waals surface area contributed by atoms with Gasteiger partial charge in [-0.25, -0.2) is 0 Å². The van der Waals surface area contributed by atoms with Gasteiger partial charge in [-0.2, -0.15) is 0 Å². The van der Waals surface area contributed by atoms with E-state index in [4.69, 9.17) is 0 Å². The highest BCUT2D eigenvalue weighted by Crippen LogP contribution is 2.20. The minimum absolute atomic E-state index is 0.0187. The lowest BCUT2D eigenvalue weighted by Crippen LogP contribution is -2.26. The predicted molar refractivity (Wildman–Crippen MR) is 61.0 cm³/mol. The number of rotatable bonds is 4. The third-order valence-corrected chi connectivity index (χ3v) is 2.85. The number of nitrogens with one attached hydrogen (secondary N) is 2. The Bertz CT molecular complexity index is 307. The van der Waals surface area contributed by atoms with Crippen molar-refractivity contribution in [3.05, 3.63) is 17.0 Å². The fourth-order valence-corrected chi connectivity index (χ4v) is 1.75. The average molecular weight is 212 g/mol. The van der Waals surface area contributed by atoms with Crippen LogP contribution < -0.4 is 10.6 Å². The lowest BCUT2D eigenvalue weighted by Gasteiger charge is -2.05. The average Bonchev–Trinajstić information content (AvgIpc) is 2.62. The van der Waals surface area contributed by atoms with Gasteiger partial charge in [0.2, 0.25) is 0 Å². The summed E-state index contributed by atoms with van der Waals surface area (Å²) in [5, 5.41) is 6.90. The van der Waals surface area contributed by atoms with E-state index in [0.717, 1.165) is 16.4 Å². The van der Waals surface area contributed by atoms with Gasteiger partial charge in [0.15, 0.2) is 0 Å². The quantitative estimate of drug-likeness (QED) is 0.803. The Balaban J connectivity index is 2.52. The van der Waals surface area contributed by atoms with Gasteiger partial charge in [-0.1, -0.05) is 13.8 Å². The maximum absolute atomic E-state index is 11.5. The number of hydrogen-bond acceptors (Lipinski definition) is 3. The summed E-state index contributed by atoms with van der Waals surface area (Å²) in [6.45, 7) is 4.88. The molecule has 0 aliphatic rings. The molecular weight excluding hydrogens is 196 g/mol. The van der Waals surface area contributed by atoms with Crippen LogP contribution in [0.4, 0.5) is 5.00 Å². The lowest BCUT2D eigenvalue weighted by atomic mass is 10.2. The van der Waals surface area contributed by atoms with Crippen LogP contribution in [0.2, 0.25) is 0 Å². The molecule has 1 aromatic rings. The van der Waals surface area contributed by atoms with Gasteiger partial charge in [0.1, 0.15) is 0 Å². The van der Waals surface area contributed by atoms with Crippen LogP contribution in [0.15, 0.2) is 12.1 Å². The van der Waals surface area contributed by atoms with E-state index in [1.54, 1.807) is 0 Å². The van der Waals surface area contributed by atoms with Crippen LogP contribution in [0.1, 0.15) is 23.5 Å². The lowest BCUT2D eigenvalue weighted by molar-refractivity contribution is 0.0953. The summed E-state index contributed by atoms with van der Waals surface area (Å²) >= 11 is 1.47. The molecule has 0 unspecified atom stereocenters. The van der Waals surface area contributed by atoms with Crippen molar-refractivity contribution in [2.24, 2.45) is 5.92 Å². The minimum atomic E-state index is 0.0187. The van der Waals surface area contributed by atoms with E-state index < -0.39 is 0 Å². The Morgan fingerprint density at radius 1 is 1.50 bits per heavy atom. The molecule has 1 amide bonds. The molecule has 3 nitrogen and oxygen atoms in total. The predicted octanol–water partition coefficient (Wildman–Crippen LogP) is 2.18. The van der Waals surface area contributed by atoms with Crippen LogP contribution in [0, 0.1) is 5.92 Å². The van der Waals surface area contributed by atoms with E-state index in [2.05, 4.69) is 24.5 Å². The van der Waals surface area contributed by atoms with E-state index in [-0.39, 0.29) is 5.91 Å². The summed E-state index contributed by atoms with van der Waals surface area (Å²) in [5.41, 5.74) is 0. The van der Waals surface area contributed by atoms with Crippen molar-refractivity contribution in [2.45, 2.75) is 13.8 Å². The van der Waals surface area contributed by atoms with Gasteiger partial charge in [0.05, 0.1) is 9.88 Å². The zero-order valence-electron chi connectivity index (χ0n) is 8.76. The van der Waals surface area contributed by atoms with Crippen LogP contribution in [0.25, 0.3) is 0 Å². The fraction of sp³-hybridized carbons (Fsp3) is 0.500. The maximum atomic E-state index is 11.5. The van der Waals surface area contributed by atoms with Gasteiger partial charge in [0.25, 0.3) is 5.91 Å². The molecule has 78 valence electrons. The van der Waals surface area contributed by atoms with E-state index in [0.29, 0.717) is 5.92 Å². The molecule has 14 heavy (non-hydrogen) atoms. The molecule has 0 aliphatic carbocycles. The normalized spacial score (nSPS) is 10.3. The van der Waals surface area contributed by atoms with Gasteiger partial charge in [-0.3, -0.25) is 4.79 Å². The van der Waals surface area contributed by atoms with Crippen LogP contribution in [-0.2, 0) is 0 Å². The van der Waals surface area contributed by atoms with Crippen LogP contribution in [-0.4, -0.2) is 19.5 Å². The van der Waals surface area contributed by atoms with Crippen LogP contribution >= 0.6 is 11.3 Å². The Morgan fingerprint density at radius 3 is 2.71 bits per heavy atom. The molecule has 0 spiro atoms. The van der Waals surface area contributed by atoms with Crippen molar-refractivity contribution in [2.75, 3.05) is 18.9 Å². The standard InChI is InChI=1S/C10H16N2OS/c1-7(2)6-12-10(13)8-4-5-9(11-3)14-8/h4-5,7,11H,6H2,1-3H3,(H,12,13). The molecule has 0 saturated heterocycles. The molecule has 1 rings (SSSR count). The van der Waals surface area contributed by atoms with Crippen LogP contribution in [0.3, 0.4) is 0 Å². The number of amides is 1. The monoisotopic (exact) mass is 212 g/mol. The van der Waals surface area contributed by atoms with Crippen molar-refractivity contribution >= 4 is 22.2 Å². The summed E-state index contributed by atoms with van der Waals surface area (Å²) in [4.78, 5) is 12.3. The molecular formula is C10H16N2OS. The number of anilines is 1. The number of hydrogen-bond donors (Lipinski definition) is 2. The Kier molecular flexibility index (Phi) is 3.95. The number of carbonyl (C=O) groups excluding carboxylic acids is 1. The molecule has 0 bridgehead atoms. The summed E-state index contributed by atoms with van der Waals surface area (Å²) < 4.78 is 0. The van der Waals surface area contributed by atoms with Crippen LogP contribution in [0.5, 0.6) is 0 Å². The molecule has 4 heteroatoms. The summed E-state index contributed by atoms with van der Waals surface area (Å²) in [7, 11) is 1.85. The van der Waals surface area contributed by atoms with Crippen molar-refractivity contribution in [1.82, 2.24) is 5.32 Å². The Morgan fingerprint density at radius 2 is 2.21 bits per heavy atom. The highest BCUT2D eigenvalue weighted by molar-refractivity contribution is 7.17. The minimum Gasteiger partial charge on any atom is -0.380 e. The largest absolute Gasteiger partial charge is 0.380 e. The van der Waals surface area contributed by atoms with Gasteiger partial charge in [0, 0.05) is 13.6 Å². The smallest absolute Gasteiger partial charge is 0.261 e. The van der Waals surface area contributed by atoms with Gasteiger partial charge in [-0.05, 0) is 18.1 Å². The van der Waals surface area contributed by atoms with E-state index in [1.165, 1.54) is 11.3 Å². The van der Waals surface area contributed by atoms with E-state index in [1.807, 2.05) is 19.2 Å². The van der Waals surface area contributed by atoms with Gasteiger partial charge >= 0.3 is 0 Å². The number of thiophene rings is 1. The van der Waals surface area contributed by atoms with Gasteiger partial charge < -0.3 is 10.6 Å². The van der Waals surface area contributed by atoms with Gasteiger partial charge in [-0.15, -0.1) is 11.3 Å². The Hall–Kier alpha value is -1.03. The molecule has 1 heterocycles. The van der Waals surface area contributed by atoms with Crippen molar-refractivity contribution in [1.29, 1.82) is 0 Å². The highest BCUT2D eigenvalue weighted by Gasteiger charge is 2.08. The first-order valence-corrected chi connectivity index (χ1v) is 5.51. The molecule has 0 saturated carbocycles. The summed E-state index contributed by atoms with van der Waals surface area (Å²) in [6, 6.07) is 3.75. The second-order valence-corrected chi connectivity index (χ2v) is 4.60. The maximum Gasteiger partial charge on any atom is 0.261 e. The van der Waals surface area contributed by atoms with E-state index in [9.17, 15) is 4.79 Å². The van der Waals surface area contributed by atoms with E-state index >= 15 is 0 Å².